The largest absolute Gasteiger partial charge is 0.316 e. The van der Waals surface area contributed by atoms with Crippen LogP contribution in [0.2, 0.25) is 0 Å². The molecule has 0 amide bonds. The van der Waals surface area contributed by atoms with Crippen LogP contribution in [-0.4, -0.2) is 29.0 Å². The molecule has 1 saturated carbocycles. The molecule has 2 heterocycles. The van der Waals surface area contributed by atoms with E-state index in [9.17, 15) is 8.78 Å². The quantitative estimate of drug-likeness (QED) is 0.907. The van der Waals surface area contributed by atoms with Crippen molar-refractivity contribution < 1.29 is 8.78 Å². The van der Waals surface area contributed by atoms with Crippen LogP contribution in [0.25, 0.3) is 5.57 Å². The van der Waals surface area contributed by atoms with Crippen LogP contribution in [0.15, 0.2) is 24.2 Å². The number of halogens is 2. The maximum Gasteiger partial charge on any atom is 0.128 e. The first kappa shape index (κ1) is 13.2. The van der Waals surface area contributed by atoms with Crippen LogP contribution in [0.1, 0.15) is 36.6 Å². The first-order valence-corrected chi connectivity index (χ1v) is 7.55. The van der Waals surface area contributed by atoms with Gasteiger partial charge in [0.25, 0.3) is 0 Å². The molecule has 21 heavy (non-hydrogen) atoms. The third-order valence-corrected chi connectivity index (χ3v) is 5.01. The molecule has 1 N–H and O–H groups in total. The van der Waals surface area contributed by atoms with Gasteiger partial charge in [-0.1, -0.05) is 0 Å². The predicted molar refractivity (Wildman–Crippen MR) is 77.2 cm³/mol. The number of hydrogen-bond acceptors (Lipinski definition) is 2. The van der Waals surface area contributed by atoms with Crippen LogP contribution >= 0.6 is 0 Å². The van der Waals surface area contributed by atoms with Gasteiger partial charge in [0.15, 0.2) is 0 Å². The summed E-state index contributed by atoms with van der Waals surface area (Å²) >= 11 is 0. The highest BCUT2D eigenvalue weighted by Crippen LogP contribution is 2.50. The zero-order valence-electron chi connectivity index (χ0n) is 12.1. The van der Waals surface area contributed by atoms with Crippen LogP contribution in [0.3, 0.4) is 0 Å². The van der Waals surface area contributed by atoms with Crippen molar-refractivity contribution in [3.63, 3.8) is 0 Å². The minimum atomic E-state index is -1.11. The van der Waals surface area contributed by atoms with Crippen molar-refractivity contribution in [2.45, 2.75) is 38.4 Å². The molecule has 2 aliphatic carbocycles. The summed E-state index contributed by atoms with van der Waals surface area (Å²) in [4.78, 5) is 0. The van der Waals surface area contributed by atoms with E-state index in [-0.39, 0.29) is 12.2 Å². The van der Waals surface area contributed by atoms with Gasteiger partial charge in [0, 0.05) is 31.3 Å². The average molecular weight is 291 g/mol. The van der Waals surface area contributed by atoms with Crippen molar-refractivity contribution in [3.8, 4) is 0 Å². The summed E-state index contributed by atoms with van der Waals surface area (Å²) in [5.41, 5.74) is 2.28. The lowest BCUT2D eigenvalue weighted by molar-refractivity contribution is 0.00229. The van der Waals surface area contributed by atoms with E-state index < -0.39 is 6.17 Å². The summed E-state index contributed by atoms with van der Waals surface area (Å²) in [6.07, 6.45) is 5.90. The number of allylic oxidation sites excluding steroid dienone is 4. The van der Waals surface area contributed by atoms with E-state index in [1.54, 1.807) is 0 Å². The second-order valence-corrected chi connectivity index (χ2v) is 6.69. The zero-order chi connectivity index (χ0) is 14.6. The highest BCUT2D eigenvalue weighted by molar-refractivity contribution is 5.77. The third kappa shape index (κ3) is 2.06. The fourth-order valence-corrected chi connectivity index (χ4v) is 3.68. The van der Waals surface area contributed by atoms with Gasteiger partial charge < -0.3 is 5.32 Å². The zero-order valence-corrected chi connectivity index (χ0v) is 12.1. The van der Waals surface area contributed by atoms with E-state index in [1.165, 1.54) is 12.2 Å². The second-order valence-electron chi connectivity index (χ2n) is 6.69. The number of aromatic nitrogens is 2. The molecule has 1 saturated heterocycles. The molecule has 2 fully saturated rings. The number of nitrogens with zero attached hydrogens (tertiary/aromatic N) is 2. The highest BCUT2D eigenvalue weighted by Gasteiger charge is 2.49. The minimum Gasteiger partial charge on any atom is -0.316 e. The molecule has 3 aliphatic rings. The summed E-state index contributed by atoms with van der Waals surface area (Å²) in [5, 5.41) is 7.86. The van der Waals surface area contributed by atoms with Gasteiger partial charge in [0.05, 0.1) is 11.7 Å². The summed E-state index contributed by atoms with van der Waals surface area (Å²) < 4.78 is 29.4. The minimum absolute atomic E-state index is 0.118. The molecule has 1 atom stereocenters. The lowest BCUT2D eigenvalue weighted by Crippen LogP contribution is -2.60. The van der Waals surface area contributed by atoms with E-state index in [1.807, 2.05) is 17.8 Å². The van der Waals surface area contributed by atoms with E-state index in [0.29, 0.717) is 22.7 Å². The Morgan fingerprint density at radius 2 is 2.14 bits per heavy atom. The lowest BCUT2D eigenvalue weighted by atomic mass is 9.62. The molecule has 1 aromatic rings. The smallest absolute Gasteiger partial charge is 0.128 e. The monoisotopic (exact) mass is 291 g/mol. The summed E-state index contributed by atoms with van der Waals surface area (Å²) in [6, 6.07) is 0.400. The third-order valence-electron chi connectivity index (χ3n) is 5.01. The van der Waals surface area contributed by atoms with Crippen molar-refractivity contribution in [3.05, 3.63) is 35.4 Å². The van der Waals surface area contributed by atoms with Gasteiger partial charge in [-0.05, 0) is 42.9 Å². The molecular weight excluding hydrogens is 272 g/mol. The Morgan fingerprint density at radius 1 is 1.38 bits per heavy atom. The molecule has 1 aromatic heterocycles. The molecule has 4 rings (SSSR count). The van der Waals surface area contributed by atoms with Crippen LogP contribution in [0.5, 0.6) is 0 Å². The fourth-order valence-electron chi connectivity index (χ4n) is 3.68. The van der Waals surface area contributed by atoms with Crippen molar-refractivity contribution in [1.29, 1.82) is 0 Å². The molecule has 0 aromatic carbocycles. The summed E-state index contributed by atoms with van der Waals surface area (Å²) in [7, 11) is 0. The number of aryl methyl sites for hydroxylation is 1. The standard InChI is InChI=1S/C16H19F2N3/c1-10-7-21(12-5-16(6-12)8-19-9-16)20-15(10)13-4-11(17)2-3-14(13)18/h3-4,7,11-12,19H,2,5-6,8-9H2,1H3. The second kappa shape index (κ2) is 4.50. The fraction of sp³-hybridized carbons (Fsp3) is 0.562. The van der Waals surface area contributed by atoms with Gasteiger partial charge in [-0.15, -0.1) is 0 Å². The van der Waals surface area contributed by atoms with Gasteiger partial charge in [-0.25, -0.2) is 8.78 Å². The summed E-state index contributed by atoms with van der Waals surface area (Å²) in [5.74, 6) is -0.356. The van der Waals surface area contributed by atoms with Crippen molar-refractivity contribution in [1.82, 2.24) is 15.1 Å². The highest BCUT2D eigenvalue weighted by atomic mass is 19.1. The lowest BCUT2D eigenvalue weighted by Gasteiger charge is -2.54. The number of rotatable bonds is 2. The Kier molecular flexibility index (Phi) is 2.83. The Labute approximate surface area is 122 Å². The average Bonchev–Trinajstić information content (AvgIpc) is 2.71. The van der Waals surface area contributed by atoms with E-state index in [0.717, 1.165) is 31.5 Å². The molecule has 112 valence electrons. The van der Waals surface area contributed by atoms with Crippen LogP contribution in [-0.2, 0) is 0 Å². The van der Waals surface area contributed by atoms with Gasteiger partial charge in [-0.2, -0.15) is 5.10 Å². The number of nitrogens with one attached hydrogen (secondary N) is 1. The topological polar surface area (TPSA) is 29.9 Å². The molecule has 3 nitrogen and oxygen atoms in total. The van der Waals surface area contributed by atoms with E-state index in [4.69, 9.17) is 0 Å². The SMILES string of the molecule is Cc1cn(C2CC3(CNC3)C2)nc1C1=CC(F)CC=C1F. The molecule has 1 unspecified atom stereocenters. The Hall–Kier alpha value is -1.49. The Bertz CT molecular complexity index is 632. The maximum atomic E-state index is 13.9. The maximum absolute atomic E-state index is 13.9. The molecule has 0 radical (unpaired) electrons. The Balaban J connectivity index is 1.58. The van der Waals surface area contributed by atoms with Crippen LogP contribution in [0.4, 0.5) is 8.78 Å². The van der Waals surface area contributed by atoms with Gasteiger partial charge in [0.1, 0.15) is 12.0 Å². The summed E-state index contributed by atoms with van der Waals surface area (Å²) in [6.45, 7) is 4.11. The molecule has 1 spiro atoms. The van der Waals surface area contributed by atoms with Gasteiger partial charge in [0.2, 0.25) is 0 Å². The number of alkyl halides is 1. The van der Waals surface area contributed by atoms with E-state index >= 15 is 0 Å². The predicted octanol–water partition coefficient (Wildman–Crippen LogP) is 3.09. The van der Waals surface area contributed by atoms with Gasteiger partial charge in [-0.3, -0.25) is 4.68 Å². The Morgan fingerprint density at radius 3 is 2.81 bits per heavy atom. The van der Waals surface area contributed by atoms with Crippen molar-refractivity contribution >= 4 is 5.57 Å². The van der Waals surface area contributed by atoms with Crippen molar-refractivity contribution in [2.24, 2.45) is 5.41 Å². The molecule has 1 aliphatic heterocycles. The molecular formula is C16H19F2N3. The molecule has 5 heteroatoms. The van der Waals surface area contributed by atoms with Crippen molar-refractivity contribution in [2.75, 3.05) is 13.1 Å². The van der Waals surface area contributed by atoms with Crippen LogP contribution in [0, 0.1) is 12.3 Å². The first-order valence-electron chi connectivity index (χ1n) is 7.55. The first-order chi connectivity index (χ1) is 10.1. The molecule has 0 bridgehead atoms. The van der Waals surface area contributed by atoms with E-state index in [2.05, 4.69) is 10.4 Å². The number of hydrogen-bond donors (Lipinski definition) is 1. The normalized spacial score (nSPS) is 27.9. The van der Waals surface area contributed by atoms with Gasteiger partial charge >= 0.3 is 0 Å². The van der Waals surface area contributed by atoms with Crippen LogP contribution < -0.4 is 5.32 Å².